The molecule has 2 aliphatic carbocycles. The number of allylic oxidation sites excluding steroid dienone is 4. The molecule has 1 heterocycles. The fourth-order valence-electron chi connectivity index (χ4n) is 6.39. The van der Waals surface area contributed by atoms with Gasteiger partial charge in [0, 0.05) is 47.8 Å². The summed E-state index contributed by atoms with van der Waals surface area (Å²) >= 11 is 3.74. The summed E-state index contributed by atoms with van der Waals surface area (Å²) in [5, 5.41) is 0. The van der Waals surface area contributed by atoms with E-state index in [0.29, 0.717) is 37.5 Å². The molecule has 0 saturated heterocycles. The van der Waals surface area contributed by atoms with Crippen molar-refractivity contribution in [3.63, 3.8) is 0 Å². The molecular weight excluding hydrogens is 578 g/mol. The molecule has 0 unspecified atom stereocenters. The predicted octanol–water partition coefficient (Wildman–Crippen LogP) is 7.96. The number of halogens is 1. The molecule has 0 fully saturated rings. The van der Waals surface area contributed by atoms with E-state index in [2.05, 4.69) is 64.2 Å². The van der Waals surface area contributed by atoms with Crippen LogP contribution in [0.15, 0.2) is 93.7 Å². The van der Waals surface area contributed by atoms with E-state index in [1.807, 2.05) is 30.3 Å². The normalized spacial score (nSPS) is 17.5. The summed E-state index contributed by atoms with van der Waals surface area (Å²) < 4.78 is 12.8. The first-order valence-corrected chi connectivity index (χ1v) is 15.1. The maximum atomic E-state index is 13.7. The number of aryl methyl sites for hydroxylation is 1. The Morgan fingerprint density at radius 3 is 2.07 bits per heavy atom. The van der Waals surface area contributed by atoms with E-state index in [1.54, 1.807) is 7.11 Å². The van der Waals surface area contributed by atoms with Crippen LogP contribution in [0.4, 0.5) is 0 Å². The van der Waals surface area contributed by atoms with E-state index in [9.17, 15) is 9.59 Å². The minimum absolute atomic E-state index is 0.133. The third kappa shape index (κ3) is 5.38. The minimum Gasteiger partial charge on any atom is -0.493 e. The fourth-order valence-corrected chi connectivity index (χ4v) is 6.97. The van der Waals surface area contributed by atoms with Crippen molar-refractivity contribution in [2.75, 3.05) is 7.11 Å². The Balaban J connectivity index is 1.44. The summed E-state index contributed by atoms with van der Waals surface area (Å²) in [5.41, 5.74) is 7.97. The molecule has 0 saturated carbocycles. The molecule has 0 amide bonds. The molecule has 0 bridgehead atoms. The number of rotatable bonds is 7. The monoisotopic (exact) mass is 611 g/mol. The Bertz CT molecular complexity index is 1510. The molecule has 6 heteroatoms. The van der Waals surface area contributed by atoms with E-state index < -0.39 is 5.92 Å². The summed E-state index contributed by atoms with van der Waals surface area (Å²) in [6.07, 6.45) is 4.30. The zero-order valence-electron chi connectivity index (χ0n) is 23.5. The largest absolute Gasteiger partial charge is 0.493 e. The Labute approximate surface area is 250 Å². The number of benzene rings is 3. The van der Waals surface area contributed by atoms with Crippen LogP contribution in [0.1, 0.15) is 66.7 Å². The number of carbonyl (C=O) groups is 2. The highest BCUT2D eigenvalue weighted by atomic mass is 79.9. The SMILES string of the molecule is COc1cc(C2C3=C(CCCC3=O)N(Cc3ccccc3)C3=C2C(=O)CCC3)cc(Br)c1OCc1ccc(C)cc1. The Kier molecular flexibility index (Phi) is 7.85. The van der Waals surface area contributed by atoms with Gasteiger partial charge in [-0.1, -0.05) is 60.2 Å². The lowest BCUT2D eigenvalue weighted by atomic mass is 9.71. The maximum Gasteiger partial charge on any atom is 0.175 e. The van der Waals surface area contributed by atoms with Gasteiger partial charge in [-0.15, -0.1) is 0 Å². The van der Waals surface area contributed by atoms with Crippen molar-refractivity contribution in [3.05, 3.63) is 116 Å². The summed E-state index contributed by atoms with van der Waals surface area (Å²) in [4.78, 5) is 29.7. The summed E-state index contributed by atoms with van der Waals surface area (Å²) in [6.45, 7) is 3.11. The number of hydrogen-bond donors (Lipinski definition) is 0. The van der Waals surface area contributed by atoms with Gasteiger partial charge in [0.25, 0.3) is 0 Å². The van der Waals surface area contributed by atoms with Gasteiger partial charge < -0.3 is 14.4 Å². The first-order valence-electron chi connectivity index (χ1n) is 14.3. The second kappa shape index (κ2) is 11.7. The van der Waals surface area contributed by atoms with Crippen LogP contribution in [-0.2, 0) is 22.7 Å². The molecule has 6 rings (SSSR count). The predicted molar refractivity (Wildman–Crippen MR) is 163 cm³/mol. The average molecular weight is 613 g/mol. The first kappa shape index (κ1) is 27.5. The van der Waals surface area contributed by atoms with Crippen LogP contribution in [-0.4, -0.2) is 23.6 Å². The fraction of sp³-hybridized carbons (Fsp3) is 0.314. The molecule has 3 aromatic rings. The third-order valence-corrected chi connectivity index (χ3v) is 8.95. The Morgan fingerprint density at radius 2 is 1.46 bits per heavy atom. The van der Waals surface area contributed by atoms with E-state index in [-0.39, 0.29) is 11.6 Å². The van der Waals surface area contributed by atoms with Crippen molar-refractivity contribution in [2.24, 2.45) is 0 Å². The Hall–Kier alpha value is -3.64. The van der Waals surface area contributed by atoms with Crippen molar-refractivity contribution in [3.8, 4) is 11.5 Å². The van der Waals surface area contributed by atoms with Crippen molar-refractivity contribution in [1.82, 2.24) is 4.90 Å². The van der Waals surface area contributed by atoms with Gasteiger partial charge in [0.15, 0.2) is 23.1 Å². The van der Waals surface area contributed by atoms with E-state index in [0.717, 1.165) is 63.8 Å². The lowest BCUT2D eigenvalue weighted by Crippen LogP contribution is -2.38. The number of carbonyl (C=O) groups excluding carboxylic acids is 2. The van der Waals surface area contributed by atoms with Crippen LogP contribution >= 0.6 is 15.9 Å². The minimum atomic E-state index is -0.413. The van der Waals surface area contributed by atoms with Crippen LogP contribution in [0.3, 0.4) is 0 Å². The van der Waals surface area contributed by atoms with Crippen LogP contribution in [0.25, 0.3) is 0 Å². The number of ketones is 2. The highest BCUT2D eigenvalue weighted by Crippen LogP contribution is 2.51. The molecule has 41 heavy (non-hydrogen) atoms. The van der Waals surface area contributed by atoms with Crippen LogP contribution in [0.2, 0.25) is 0 Å². The van der Waals surface area contributed by atoms with E-state index in [4.69, 9.17) is 9.47 Å². The van der Waals surface area contributed by atoms with E-state index in [1.165, 1.54) is 11.1 Å². The highest BCUT2D eigenvalue weighted by Gasteiger charge is 2.43. The standard InChI is InChI=1S/C35H34BrNO4/c1-22-14-16-24(17-15-22)21-41-35-26(36)18-25(19-31(35)40-2)32-33-27(10-6-12-29(33)38)37(20-23-8-4-3-5-9-23)28-11-7-13-30(39)34(28)32/h3-5,8-9,14-19,32H,6-7,10-13,20-21H2,1-2H3. The first-order chi connectivity index (χ1) is 19.9. The topological polar surface area (TPSA) is 55.8 Å². The Morgan fingerprint density at radius 1 is 0.829 bits per heavy atom. The summed E-state index contributed by atoms with van der Waals surface area (Å²) in [7, 11) is 1.62. The number of methoxy groups -OCH3 is 1. The molecule has 3 aromatic carbocycles. The maximum absolute atomic E-state index is 13.7. The van der Waals surface area contributed by atoms with Gasteiger partial charge in [-0.2, -0.15) is 0 Å². The lowest BCUT2D eigenvalue weighted by Gasteiger charge is -2.44. The molecule has 0 atom stereocenters. The van der Waals surface area contributed by atoms with Crippen molar-refractivity contribution in [1.29, 1.82) is 0 Å². The van der Waals surface area contributed by atoms with Gasteiger partial charge >= 0.3 is 0 Å². The zero-order chi connectivity index (χ0) is 28.5. The van der Waals surface area contributed by atoms with Gasteiger partial charge in [-0.05, 0) is 77.4 Å². The number of hydrogen-bond acceptors (Lipinski definition) is 5. The summed E-state index contributed by atoms with van der Waals surface area (Å²) in [6, 6.07) is 22.5. The molecule has 1 aliphatic heterocycles. The van der Waals surface area contributed by atoms with Crippen LogP contribution in [0, 0.1) is 6.92 Å². The van der Waals surface area contributed by atoms with Gasteiger partial charge in [0.05, 0.1) is 11.6 Å². The quantitative estimate of drug-likeness (QED) is 0.271. The van der Waals surface area contributed by atoms with Crippen LogP contribution < -0.4 is 9.47 Å². The smallest absolute Gasteiger partial charge is 0.175 e. The molecule has 3 aliphatic rings. The van der Waals surface area contributed by atoms with Gasteiger partial charge in [-0.25, -0.2) is 0 Å². The summed E-state index contributed by atoms with van der Waals surface area (Å²) in [5.74, 6) is 1.03. The van der Waals surface area contributed by atoms with E-state index >= 15 is 0 Å². The number of ether oxygens (including phenoxy) is 2. The van der Waals surface area contributed by atoms with Crippen molar-refractivity contribution in [2.45, 2.75) is 64.5 Å². The number of nitrogens with zero attached hydrogens (tertiary/aromatic N) is 1. The van der Waals surface area contributed by atoms with Gasteiger partial charge in [0.1, 0.15) is 6.61 Å². The third-order valence-electron chi connectivity index (χ3n) is 8.36. The molecule has 5 nitrogen and oxygen atoms in total. The number of Topliss-reactive ketones (excluding diaryl/α,β-unsaturated/α-hetero) is 2. The molecule has 0 N–H and O–H groups in total. The molecule has 0 aromatic heterocycles. The van der Waals surface area contributed by atoms with Crippen LogP contribution in [0.5, 0.6) is 11.5 Å². The average Bonchev–Trinajstić information content (AvgIpc) is 2.98. The van der Waals surface area contributed by atoms with Gasteiger partial charge in [0.2, 0.25) is 0 Å². The lowest BCUT2D eigenvalue weighted by molar-refractivity contribution is -0.117. The van der Waals surface area contributed by atoms with Crippen molar-refractivity contribution >= 4 is 27.5 Å². The highest BCUT2D eigenvalue weighted by molar-refractivity contribution is 9.10. The zero-order valence-corrected chi connectivity index (χ0v) is 25.1. The second-order valence-corrected chi connectivity index (χ2v) is 11.9. The van der Waals surface area contributed by atoms with Gasteiger partial charge in [-0.3, -0.25) is 9.59 Å². The molecule has 0 spiro atoms. The molecular formula is C35H34BrNO4. The second-order valence-electron chi connectivity index (χ2n) is 11.1. The van der Waals surface area contributed by atoms with Crippen molar-refractivity contribution < 1.29 is 19.1 Å². The molecule has 210 valence electrons. The molecule has 0 radical (unpaired) electrons.